The maximum atomic E-state index is 2.46. The standard InChI is InChI=1S/C17H28NP.Pd/c1-14(2)19(15(3)4)13-7-8-16-9-11-17(12-10-16)18(5)6;/h7,9-15H,8H2,1-6H3;. The van der Waals surface area contributed by atoms with E-state index in [2.05, 4.69) is 82.8 Å². The molecule has 0 bridgehead atoms. The van der Waals surface area contributed by atoms with Gasteiger partial charge in [-0.25, -0.2) is 0 Å². The number of anilines is 1. The van der Waals surface area contributed by atoms with Gasteiger partial charge in [0.2, 0.25) is 0 Å². The fourth-order valence-electron chi connectivity index (χ4n) is 2.18. The minimum absolute atomic E-state index is 0. The van der Waals surface area contributed by atoms with E-state index < -0.39 is 0 Å². The number of rotatable bonds is 6. The van der Waals surface area contributed by atoms with Crippen molar-refractivity contribution in [2.75, 3.05) is 19.0 Å². The van der Waals surface area contributed by atoms with Crippen LogP contribution in [0.15, 0.2) is 36.2 Å². The van der Waals surface area contributed by atoms with Crippen molar-refractivity contribution in [3.8, 4) is 0 Å². The summed E-state index contributed by atoms with van der Waals surface area (Å²) in [5.74, 6) is 2.46. The summed E-state index contributed by atoms with van der Waals surface area (Å²) in [5, 5.41) is 0. The summed E-state index contributed by atoms with van der Waals surface area (Å²) >= 11 is 0. The van der Waals surface area contributed by atoms with Gasteiger partial charge < -0.3 is 4.90 Å². The van der Waals surface area contributed by atoms with Crippen LogP contribution in [0.25, 0.3) is 0 Å². The van der Waals surface area contributed by atoms with Gasteiger partial charge in [0.15, 0.2) is 0 Å². The van der Waals surface area contributed by atoms with Crippen molar-refractivity contribution in [3.63, 3.8) is 0 Å². The molecule has 116 valence electrons. The normalized spacial score (nSPS) is 11.4. The van der Waals surface area contributed by atoms with E-state index in [9.17, 15) is 0 Å². The van der Waals surface area contributed by atoms with Crippen molar-refractivity contribution in [2.24, 2.45) is 0 Å². The zero-order valence-electron chi connectivity index (χ0n) is 13.5. The topological polar surface area (TPSA) is 3.24 Å². The number of allylic oxidation sites excluding steroid dienone is 1. The molecule has 0 spiro atoms. The minimum atomic E-state index is 0. The third-order valence-electron chi connectivity index (χ3n) is 3.28. The molecule has 0 saturated carbocycles. The second-order valence-electron chi connectivity index (χ2n) is 5.78. The number of hydrogen-bond acceptors (Lipinski definition) is 1. The minimum Gasteiger partial charge on any atom is -0.378 e. The zero-order valence-corrected chi connectivity index (χ0v) is 16.0. The molecule has 0 saturated heterocycles. The average molecular weight is 384 g/mol. The first kappa shape index (κ1) is 19.9. The Balaban J connectivity index is 0.00000361. The van der Waals surface area contributed by atoms with Crippen LogP contribution in [0.3, 0.4) is 0 Å². The molecule has 0 aliphatic heterocycles. The van der Waals surface area contributed by atoms with Crippen molar-refractivity contribution in [2.45, 2.75) is 45.4 Å². The molecule has 0 aliphatic carbocycles. The van der Waals surface area contributed by atoms with Crippen molar-refractivity contribution in [1.29, 1.82) is 0 Å². The Morgan fingerprint density at radius 1 is 1.00 bits per heavy atom. The van der Waals surface area contributed by atoms with Gasteiger partial charge in [0.05, 0.1) is 0 Å². The van der Waals surface area contributed by atoms with E-state index in [0.29, 0.717) is 0 Å². The predicted octanol–water partition coefficient (Wildman–Crippen LogP) is 5.11. The van der Waals surface area contributed by atoms with E-state index >= 15 is 0 Å². The first-order valence-electron chi connectivity index (χ1n) is 7.12. The first-order chi connectivity index (χ1) is 8.91. The van der Waals surface area contributed by atoms with Crippen LogP contribution in [0.2, 0.25) is 0 Å². The van der Waals surface area contributed by atoms with Gasteiger partial charge in [-0.15, -0.1) is 0 Å². The van der Waals surface area contributed by atoms with Crippen LogP contribution in [0, 0.1) is 0 Å². The van der Waals surface area contributed by atoms with Gasteiger partial charge in [0.1, 0.15) is 0 Å². The Labute approximate surface area is 140 Å². The molecule has 0 aliphatic rings. The van der Waals surface area contributed by atoms with Gasteiger partial charge in [0.25, 0.3) is 0 Å². The Morgan fingerprint density at radius 3 is 1.90 bits per heavy atom. The number of nitrogens with zero attached hydrogens (tertiary/aromatic N) is 1. The summed E-state index contributed by atoms with van der Waals surface area (Å²) in [6.45, 7) is 9.34. The summed E-state index contributed by atoms with van der Waals surface area (Å²) in [5.41, 5.74) is 4.22. The van der Waals surface area contributed by atoms with Crippen LogP contribution in [0.1, 0.15) is 33.3 Å². The predicted molar refractivity (Wildman–Crippen MR) is 90.8 cm³/mol. The van der Waals surface area contributed by atoms with E-state index in [0.717, 1.165) is 17.7 Å². The van der Waals surface area contributed by atoms with E-state index in [4.69, 9.17) is 0 Å². The zero-order chi connectivity index (χ0) is 14.4. The monoisotopic (exact) mass is 383 g/mol. The summed E-state index contributed by atoms with van der Waals surface area (Å²) in [4.78, 5) is 2.14. The second kappa shape index (κ2) is 9.73. The molecule has 0 N–H and O–H groups in total. The quantitative estimate of drug-likeness (QED) is 0.487. The summed E-state index contributed by atoms with van der Waals surface area (Å²) < 4.78 is 0. The van der Waals surface area contributed by atoms with E-state index in [-0.39, 0.29) is 28.3 Å². The average Bonchev–Trinajstić information content (AvgIpc) is 2.34. The molecule has 1 aromatic rings. The fourth-order valence-corrected chi connectivity index (χ4v) is 4.41. The van der Waals surface area contributed by atoms with E-state index in [1.54, 1.807) is 0 Å². The number of hydrogen-bond donors (Lipinski definition) is 0. The molecular formula is C17H28NPPd. The number of benzene rings is 1. The molecule has 0 fully saturated rings. The van der Waals surface area contributed by atoms with Gasteiger partial charge in [-0.3, -0.25) is 0 Å². The molecule has 1 nitrogen and oxygen atoms in total. The summed E-state index contributed by atoms with van der Waals surface area (Å²) in [7, 11) is 4.17. The van der Waals surface area contributed by atoms with Crippen molar-refractivity contribution in [3.05, 3.63) is 41.7 Å². The fraction of sp³-hybridized carbons (Fsp3) is 0.529. The van der Waals surface area contributed by atoms with Crippen molar-refractivity contribution in [1.82, 2.24) is 0 Å². The molecule has 0 aromatic heterocycles. The first-order valence-corrected chi connectivity index (χ1v) is 8.67. The molecule has 0 heterocycles. The third-order valence-corrected chi connectivity index (χ3v) is 6.22. The van der Waals surface area contributed by atoms with Crippen molar-refractivity contribution < 1.29 is 20.4 Å². The van der Waals surface area contributed by atoms with Crippen LogP contribution in [-0.4, -0.2) is 25.4 Å². The Kier molecular flexibility index (Phi) is 9.66. The summed E-state index contributed by atoms with van der Waals surface area (Å²) in [6, 6.07) is 8.84. The van der Waals surface area contributed by atoms with Crippen LogP contribution in [0.5, 0.6) is 0 Å². The molecule has 0 radical (unpaired) electrons. The van der Waals surface area contributed by atoms with Crippen LogP contribution < -0.4 is 4.90 Å². The van der Waals surface area contributed by atoms with Gasteiger partial charge in [-0.2, -0.15) is 0 Å². The molecular weight excluding hydrogens is 356 g/mol. The van der Waals surface area contributed by atoms with Crippen LogP contribution in [0.4, 0.5) is 5.69 Å². The second-order valence-corrected chi connectivity index (χ2v) is 9.04. The molecule has 0 unspecified atom stereocenters. The van der Waals surface area contributed by atoms with Gasteiger partial charge >= 0.3 is 0 Å². The van der Waals surface area contributed by atoms with E-state index in [1.807, 2.05) is 0 Å². The molecule has 3 heteroatoms. The van der Waals surface area contributed by atoms with Gasteiger partial charge in [-0.1, -0.05) is 59.6 Å². The third kappa shape index (κ3) is 6.54. The smallest absolute Gasteiger partial charge is 0.0361 e. The Hall–Kier alpha value is -0.148. The van der Waals surface area contributed by atoms with Gasteiger partial charge in [-0.05, 0) is 35.4 Å². The molecule has 1 rings (SSSR count). The van der Waals surface area contributed by atoms with Crippen LogP contribution in [-0.2, 0) is 26.8 Å². The largest absolute Gasteiger partial charge is 0.378 e. The molecule has 1 aromatic carbocycles. The maximum absolute atomic E-state index is 2.46. The molecule has 20 heavy (non-hydrogen) atoms. The van der Waals surface area contributed by atoms with Crippen LogP contribution >= 0.6 is 7.92 Å². The Bertz CT molecular complexity index is 388. The maximum Gasteiger partial charge on any atom is 0.0361 e. The Morgan fingerprint density at radius 2 is 1.50 bits per heavy atom. The SMILES string of the molecule is CC(C)P(C=CCc1ccc(N(C)C)cc1)C(C)C.[Pd]. The van der Waals surface area contributed by atoms with Crippen molar-refractivity contribution >= 4 is 13.6 Å². The molecule has 0 atom stereocenters. The molecule has 0 amide bonds. The summed E-state index contributed by atoms with van der Waals surface area (Å²) in [6.07, 6.45) is 3.41. The van der Waals surface area contributed by atoms with E-state index in [1.165, 1.54) is 11.3 Å². The van der Waals surface area contributed by atoms with Gasteiger partial charge in [0, 0.05) is 40.2 Å².